The predicted molar refractivity (Wildman–Crippen MR) is 265 cm³/mol. The molecule has 0 N–H and O–H groups in total. The molecule has 0 fully saturated rings. The SMILES string of the molecule is C1=CCC(N(c2ccccc2)C2CC=C(C3C=CC4=C(C3)Oc3ccccc3C43c4ccccc4Oc4cc(C5C=CC(N(C6=CCCC=C6)C6CC=CCC6)CC5)ccc43)CC2)C=C1. The molecule has 4 heteroatoms. The minimum absolute atomic E-state index is 0.300. The van der Waals surface area contributed by atoms with Crippen LogP contribution in [0.5, 0.6) is 17.2 Å². The van der Waals surface area contributed by atoms with Crippen molar-refractivity contribution in [2.75, 3.05) is 4.90 Å². The summed E-state index contributed by atoms with van der Waals surface area (Å²) in [5.41, 5.74) is 9.84. The van der Waals surface area contributed by atoms with Gasteiger partial charge in [0.25, 0.3) is 0 Å². The summed E-state index contributed by atoms with van der Waals surface area (Å²) in [5, 5.41) is 0. The van der Waals surface area contributed by atoms with Gasteiger partial charge in [-0.05, 0) is 113 Å². The summed E-state index contributed by atoms with van der Waals surface area (Å²) in [7, 11) is 0. The maximum absolute atomic E-state index is 7.06. The van der Waals surface area contributed by atoms with Gasteiger partial charge in [-0.25, -0.2) is 0 Å². The lowest BCUT2D eigenvalue weighted by molar-refractivity contribution is 0.190. The summed E-state index contributed by atoms with van der Waals surface area (Å²) < 4.78 is 14.1. The first-order valence-corrected chi connectivity index (χ1v) is 24.7. The number of nitrogens with zero attached hydrogens (tertiary/aromatic N) is 2. The summed E-state index contributed by atoms with van der Waals surface area (Å²) in [6.45, 7) is 0. The van der Waals surface area contributed by atoms with Crippen LogP contribution in [-0.2, 0) is 5.41 Å². The Labute approximate surface area is 386 Å². The third-order valence-electron chi connectivity index (χ3n) is 15.7. The maximum Gasteiger partial charge on any atom is 0.132 e. The van der Waals surface area contributed by atoms with Gasteiger partial charge >= 0.3 is 0 Å². The average molecular weight is 853 g/mol. The molecule has 0 radical (unpaired) electrons. The Morgan fingerprint density at radius 3 is 2.08 bits per heavy atom. The molecule has 0 saturated heterocycles. The first kappa shape index (κ1) is 40.3. The Balaban J connectivity index is 0.860. The lowest BCUT2D eigenvalue weighted by atomic mass is 9.60. The fraction of sp³-hybridized carbons (Fsp3) is 0.311. The molecule has 4 nitrogen and oxygen atoms in total. The van der Waals surface area contributed by atoms with Crippen LogP contribution >= 0.6 is 0 Å². The van der Waals surface area contributed by atoms with E-state index in [-0.39, 0.29) is 0 Å². The molecule has 0 saturated carbocycles. The highest BCUT2D eigenvalue weighted by Gasteiger charge is 2.52. The Hall–Kier alpha value is -6.26. The lowest BCUT2D eigenvalue weighted by Gasteiger charge is -2.47. The van der Waals surface area contributed by atoms with Gasteiger partial charge < -0.3 is 19.3 Å². The number of allylic oxidation sites excluding steroid dienone is 12. The van der Waals surface area contributed by atoms with E-state index in [1.54, 1.807) is 5.57 Å². The van der Waals surface area contributed by atoms with E-state index >= 15 is 0 Å². The summed E-state index contributed by atoms with van der Waals surface area (Å²) in [6.07, 6.45) is 46.8. The Kier molecular flexibility index (Phi) is 10.7. The van der Waals surface area contributed by atoms with Crippen LogP contribution < -0.4 is 14.4 Å². The number of rotatable bonds is 8. The van der Waals surface area contributed by atoms with E-state index in [2.05, 4.69) is 192 Å². The second-order valence-corrected chi connectivity index (χ2v) is 19.4. The number of ether oxygens (including phenoxy) is 2. The van der Waals surface area contributed by atoms with Gasteiger partial charge in [0.2, 0.25) is 0 Å². The van der Waals surface area contributed by atoms with Crippen LogP contribution in [0.25, 0.3) is 0 Å². The van der Waals surface area contributed by atoms with Crippen molar-refractivity contribution in [2.24, 2.45) is 5.92 Å². The van der Waals surface area contributed by atoms with Gasteiger partial charge in [-0.15, -0.1) is 0 Å². The van der Waals surface area contributed by atoms with E-state index in [4.69, 9.17) is 9.47 Å². The molecule has 6 aliphatic carbocycles. The molecule has 12 rings (SSSR count). The Morgan fingerprint density at radius 1 is 0.523 bits per heavy atom. The zero-order valence-corrected chi connectivity index (χ0v) is 37.5. The zero-order chi connectivity index (χ0) is 43.2. The van der Waals surface area contributed by atoms with E-state index in [1.165, 1.54) is 52.1 Å². The largest absolute Gasteiger partial charge is 0.461 e. The van der Waals surface area contributed by atoms with Crippen LogP contribution in [0, 0.1) is 5.92 Å². The van der Waals surface area contributed by atoms with Crippen molar-refractivity contribution in [1.29, 1.82) is 0 Å². The molecule has 0 amide bonds. The van der Waals surface area contributed by atoms with E-state index in [1.807, 2.05) is 0 Å². The first-order valence-electron chi connectivity index (χ1n) is 24.7. The van der Waals surface area contributed by atoms with Crippen molar-refractivity contribution >= 4 is 5.69 Å². The molecule has 7 unspecified atom stereocenters. The average Bonchev–Trinajstić information content (AvgIpc) is 3.38. The van der Waals surface area contributed by atoms with Gasteiger partial charge in [-0.2, -0.15) is 0 Å². The highest BCUT2D eigenvalue weighted by Crippen LogP contribution is 2.61. The number of anilines is 1. The van der Waals surface area contributed by atoms with E-state index < -0.39 is 5.41 Å². The number of para-hydroxylation sites is 3. The molecule has 326 valence electrons. The minimum atomic E-state index is -0.567. The predicted octanol–water partition coefficient (Wildman–Crippen LogP) is 14.7. The molecule has 4 aromatic rings. The molecular weight excluding hydrogens is 793 g/mol. The molecule has 1 spiro atoms. The topological polar surface area (TPSA) is 24.9 Å². The standard InChI is InChI=1S/C61H60N2O2/c1-5-17-47(18-6-1)62(48-19-7-2-8-20-48)51-35-29-43(30-36-51)45-33-39-55-59(41-45)64-57-27-15-13-25-53(57)61(55)54-26-14-16-28-58(54)65-60-42-46(34-40-56(60)61)44-31-37-52(38-32-44)63(49-21-9-3-10-22-49)50-23-11-4-12-24-50/h1-3,5-9,11,13-19,23-29,31,33-34,37,39-40,42,44-45,48-49,51-52H,4,10,12,20-22,30,32,35-36,38,41H2. The number of fused-ring (bicyclic) bond motifs is 7. The van der Waals surface area contributed by atoms with Crippen LogP contribution in [-0.4, -0.2) is 29.1 Å². The molecule has 8 aliphatic rings. The van der Waals surface area contributed by atoms with Crippen molar-refractivity contribution in [3.8, 4) is 17.2 Å². The molecule has 4 aromatic carbocycles. The van der Waals surface area contributed by atoms with Crippen LogP contribution in [0.15, 0.2) is 205 Å². The Morgan fingerprint density at radius 2 is 1.34 bits per heavy atom. The quantitative estimate of drug-likeness (QED) is 0.165. The number of hydrogen-bond donors (Lipinski definition) is 0. The normalized spacial score (nSPS) is 28.2. The number of benzene rings is 4. The summed E-state index contributed by atoms with van der Waals surface area (Å²) in [5.74, 6) is 4.54. The fourth-order valence-corrected chi connectivity index (χ4v) is 12.7. The van der Waals surface area contributed by atoms with Crippen LogP contribution in [0.4, 0.5) is 5.69 Å². The minimum Gasteiger partial charge on any atom is -0.461 e. The van der Waals surface area contributed by atoms with Crippen molar-refractivity contribution in [2.45, 2.75) is 113 Å². The third kappa shape index (κ3) is 7.21. The summed E-state index contributed by atoms with van der Waals surface area (Å²) >= 11 is 0. The highest BCUT2D eigenvalue weighted by atomic mass is 16.5. The molecule has 65 heavy (non-hydrogen) atoms. The van der Waals surface area contributed by atoms with Crippen LogP contribution in [0.1, 0.15) is 105 Å². The molecule has 7 atom stereocenters. The van der Waals surface area contributed by atoms with Crippen molar-refractivity contribution in [1.82, 2.24) is 4.90 Å². The second-order valence-electron chi connectivity index (χ2n) is 19.4. The third-order valence-corrected chi connectivity index (χ3v) is 15.7. The van der Waals surface area contributed by atoms with Gasteiger partial charge in [0.15, 0.2) is 0 Å². The lowest BCUT2D eigenvalue weighted by Crippen LogP contribution is -2.44. The Bertz CT molecular complexity index is 2740. The highest BCUT2D eigenvalue weighted by molar-refractivity contribution is 5.74. The van der Waals surface area contributed by atoms with E-state index in [9.17, 15) is 0 Å². The molecule has 2 heterocycles. The fourth-order valence-electron chi connectivity index (χ4n) is 12.7. The molecule has 2 aliphatic heterocycles. The summed E-state index contributed by atoms with van der Waals surface area (Å²) in [4.78, 5) is 5.44. The molecule has 0 bridgehead atoms. The molecule has 0 aromatic heterocycles. The van der Waals surface area contributed by atoms with Gasteiger partial charge in [-0.1, -0.05) is 151 Å². The van der Waals surface area contributed by atoms with Crippen LogP contribution in [0.3, 0.4) is 0 Å². The van der Waals surface area contributed by atoms with Crippen LogP contribution in [0.2, 0.25) is 0 Å². The monoisotopic (exact) mass is 852 g/mol. The smallest absolute Gasteiger partial charge is 0.132 e. The van der Waals surface area contributed by atoms with Crippen molar-refractivity contribution < 1.29 is 9.47 Å². The van der Waals surface area contributed by atoms with Gasteiger partial charge in [-0.3, -0.25) is 0 Å². The van der Waals surface area contributed by atoms with E-state index in [0.717, 1.165) is 87.2 Å². The zero-order valence-electron chi connectivity index (χ0n) is 37.5. The van der Waals surface area contributed by atoms with Gasteiger partial charge in [0, 0.05) is 70.0 Å². The second kappa shape index (κ2) is 17.3. The summed E-state index contributed by atoms with van der Waals surface area (Å²) in [6, 6.07) is 37.5. The number of hydrogen-bond acceptors (Lipinski definition) is 4. The van der Waals surface area contributed by atoms with Gasteiger partial charge in [0.05, 0.1) is 11.5 Å². The van der Waals surface area contributed by atoms with Gasteiger partial charge in [0.1, 0.15) is 23.0 Å². The van der Waals surface area contributed by atoms with E-state index in [0.29, 0.717) is 36.0 Å². The first-order chi connectivity index (χ1) is 32.2. The van der Waals surface area contributed by atoms with Crippen molar-refractivity contribution in [3.05, 3.63) is 227 Å². The van der Waals surface area contributed by atoms with Crippen molar-refractivity contribution in [3.63, 3.8) is 0 Å². The molecular formula is C61H60N2O2. The maximum atomic E-state index is 7.06.